The standard InChI is InChI=1S/C29H22ClN5OS/c1-17-9-3-4-10-19(17)16-34-18(2)22(20-11-6-8-14-25(20)34)15-23-26(31)35-29(32-27(23)36)37-28(33-35)21-12-5-7-13-24(21)30/h3-15,31H,16H2,1-2H3/b23-15-,31-26?. The van der Waals surface area contributed by atoms with Crippen LogP contribution >= 0.6 is 23.4 Å². The van der Waals surface area contributed by atoms with E-state index in [9.17, 15) is 4.79 Å². The lowest BCUT2D eigenvalue weighted by atomic mass is 10.1. The molecule has 8 heteroatoms. The molecule has 1 amide bonds. The maximum atomic E-state index is 13.1. The van der Waals surface area contributed by atoms with Crippen LogP contribution in [0.1, 0.15) is 27.9 Å². The number of carbonyl (C=O) groups excluding carboxylic acids is 1. The first-order chi connectivity index (χ1) is 17.9. The molecular formula is C29H22ClN5OS. The van der Waals surface area contributed by atoms with Crippen molar-refractivity contribution in [3.05, 3.63) is 111 Å². The van der Waals surface area contributed by atoms with E-state index in [1.54, 1.807) is 12.1 Å². The number of amidine groups is 2. The van der Waals surface area contributed by atoms with E-state index in [4.69, 9.17) is 17.0 Å². The number of nitrogens with one attached hydrogen (secondary N) is 1. The third kappa shape index (κ3) is 4.00. The molecule has 0 aliphatic carbocycles. The Morgan fingerprint density at radius 3 is 2.54 bits per heavy atom. The van der Waals surface area contributed by atoms with Gasteiger partial charge in [-0.3, -0.25) is 10.2 Å². The van der Waals surface area contributed by atoms with Gasteiger partial charge in [0, 0.05) is 34.3 Å². The van der Waals surface area contributed by atoms with Gasteiger partial charge >= 0.3 is 0 Å². The van der Waals surface area contributed by atoms with Crippen LogP contribution in [0.25, 0.3) is 17.0 Å². The van der Waals surface area contributed by atoms with Crippen LogP contribution in [-0.2, 0) is 11.3 Å². The molecule has 1 aromatic heterocycles. The zero-order chi connectivity index (χ0) is 25.7. The number of halogens is 1. The van der Waals surface area contributed by atoms with Gasteiger partial charge in [-0.05, 0) is 54.9 Å². The van der Waals surface area contributed by atoms with Crippen LogP contribution in [0.5, 0.6) is 0 Å². The van der Waals surface area contributed by atoms with E-state index in [2.05, 4.69) is 52.8 Å². The Hall–Kier alpha value is -3.94. The van der Waals surface area contributed by atoms with Crippen LogP contribution in [-0.4, -0.2) is 31.5 Å². The van der Waals surface area contributed by atoms with Crippen LogP contribution in [0.4, 0.5) is 0 Å². The average molecular weight is 524 g/mol. The molecule has 2 aliphatic rings. The van der Waals surface area contributed by atoms with Crippen molar-refractivity contribution in [1.29, 1.82) is 5.41 Å². The number of hydrogen-bond donors (Lipinski definition) is 1. The van der Waals surface area contributed by atoms with Gasteiger partial charge in [0.1, 0.15) is 5.04 Å². The summed E-state index contributed by atoms with van der Waals surface area (Å²) in [5, 5.41) is 17.4. The SMILES string of the molecule is Cc1ccccc1Cn1c(C)c(/C=C2/C(=N)N3N=C(c4ccccc4Cl)SC3=NC2=O)c2ccccc21. The summed E-state index contributed by atoms with van der Waals surface area (Å²) in [6, 6.07) is 23.9. The first-order valence-corrected chi connectivity index (χ1v) is 13.0. The Morgan fingerprint density at radius 2 is 1.73 bits per heavy atom. The number of para-hydroxylation sites is 1. The molecule has 0 saturated carbocycles. The molecule has 6 nitrogen and oxygen atoms in total. The second-order valence-electron chi connectivity index (χ2n) is 8.93. The first kappa shape index (κ1) is 23.5. The number of amides is 1. The number of aryl methyl sites for hydroxylation is 1. The summed E-state index contributed by atoms with van der Waals surface area (Å²) in [5.74, 6) is -0.450. The average Bonchev–Trinajstić information content (AvgIpc) is 3.43. The molecule has 0 atom stereocenters. The van der Waals surface area contributed by atoms with E-state index >= 15 is 0 Å². The largest absolute Gasteiger partial charge is 0.340 e. The van der Waals surface area contributed by atoms with Crippen molar-refractivity contribution in [2.45, 2.75) is 20.4 Å². The van der Waals surface area contributed by atoms with Crippen molar-refractivity contribution in [2.24, 2.45) is 10.1 Å². The molecule has 37 heavy (non-hydrogen) atoms. The molecule has 0 unspecified atom stereocenters. The molecule has 3 aromatic carbocycles. The minimum Gasteiger partial charge on any atom is -0.340 e. The van der Waals surface area contributed by atoms with Gasteiger partial charge in [-0.25, -0.2) is 0 Å². The third-order valence-corrected chi connectivity index (χ3v) is 7.99. The van der Waals surface area contributed by atoms with Crippen molar-refractivity contribution in [1.82, 2.24) is 9.58 Å². The van der Waals surface area contributed by atoms with Gasteiger partial charge in [0.2, 0.25) is 5.17 Å². The fourth-order valence-corrected chi connectivity index (χ4v) is 5.89. The summed E-state index contributed by atoms with van der Waals surface area (Å²) < 4.78 is 2.26. The normalized spacial score (nSPS) is 16.4. The Balaban J connectivity index is 1.42. The van der Waals surface area contributed by atoms with E-state index in [0.29, 0.717) is 21.8 Å². The smallest absolute Gasteiger partial charge is 0.283 e. The van der Waals surface area contributed by atoms with E-state index in [1.165, 1.54) is 27.9 Å². The van der Waals surface area contributed by atoms with Gasteiger partial charge in [0.25, 0.3) is 5.91 Å². The summed E-state index contributed by atoms with van der Waals surface area (Å²) in [6.45, 7) is 4.88. The number of aromatic nitrogens is 1. The maximum absolute atomic E-state index is 13.1. The fraction of sp³-hybridized carbons (Fsp3) is 0.103. The summed E-state index contributed by atoms with van der Waals surface area (Å²) in [4.78, 5) is 17.4. The lowest BCUT2D eigenvalue weighted by molar-refractivity contribution is -0.114. The van der Waals surface area contributed by atoms with Crippen molar-refractivity contribution >= 4 is 62.3 Å². The van der Waals surface area contributed by atoms with Gasteiger partial charge in [-0.2, -0.15) is 15.1 Å². The molecule has 0 bridgehead atoms. The number of benzene rings is 3. The molecule has 0 radical (unpaired) electrons. The van der Waals surface area contributed by atoms with Crippen molar-refractivity contribution in [3.63, 3.8) is 0 Å². The highest BCUT2D eigenvalue weighted by Gasteiger charge is 2.36. The Bertz CT molecular complexity index is 1710. The highest BCUT2D eigenvalue weighted by atomic mass is 35.5. The Morgan fingerprint density at radius 1 is 1.00 bits per heavy atom. The van der Waals surface area contributed by atoms with Crippen LogP contribution in [0.2, 0.25) is 5.02 Å². The lowest BCUT2D eigenvalue weighted by Crippen LogP contribution is -2.35. The fourth-order valence-electron chi connectivity index (χ4n) is 4.68. The van der Waals surface area contributed by atoms with E-state index in [1.807, 2.05) is 42.5 Å². The minimum absolute atomic E-state index is 0.000288. The molecular weight excluding hydrogens is 502 g/mol. The number of hydrazone groups is 1. The zero-order valence-corrected chi connectivity index (χ0v) is 21.8. The number of nitrogens with zero attached hydrogens (tertiary/aromatic N) is 4. The van der Waals surface area contributed by atoms with Crippen molar-refractivity contribution in [3.8, 4) is 0 Å². The number of thioether (sulfide) groups is 1. The van der Waals surface area contributed by atoms with Crippen LogP contribution in [0, 0.1) is 19.3 Å². The first-order valence-electron chi connectivity index (χ1n) is 11.8. The third-order valence-electron chi connectivity index (χ3n) is 6.72. The molecule has 6 rings (SSSR count). The summed E-state index contributed by atoms with van der Waals surface area (Å²) in [6.07, 6.45) is 1.78. The quantitative estimate of drug-likeness (QED) is 0.305. The Kier molecular flexibility index (Phi) is 5.82. The monoisotopic (exact) mass is 523 g/mol. The van der Waals surface area contributed by atoms with Gasteiger partial charge in [0.05, 0.1) is 10.6 Å². The van der Waals surface area contributed by atoms with E-state index in [0.717, 1.165) is 27.7 Å². The molecule has 3 heterocycles. The van der Waals surface area contributed by atoms with Gasteiger partial charge < -0.3 is 4.57 Å². The highest BCUT2D eigenvalue weighted by molar-refractivity contribution is 8.27. The highest BCUT2D eigenvalue weighted by Crippen LogP contribution is 2.35. The molecule has 0 fully saturated rings. The molecule has 182 valence electrons. The molecule has 2 aliphatic heterocycles. The topological polar surface area (TPSA) is 73.8 Å². The van der Waals surface area contributed by atoms with Crippen LogP contribution in [0.3, 0.4) is 0 Å². The van der Waals surface area contributed by atoms with Gasteiger partial charge in [-0.15, -0.1) is 0 Å². The predicted molar refractivity (Wildman–Crippen MR) is 153 cm³/mol. The Labute approximate surface area is 223 Å². The van der Waals surface area contributed by atoms with Crippen LogP contribution in [0.15, 0.2) is 88.5 Å². The van der Waals surface area contributed by atoms with E-state index in [-0.39, 0.29) is 11.4 Å². The number of fused-ring (bicyclic) bond motifs is 2. The number of hydrogen-bond acceptors (Lipinski definition) is 4. The lowest BCUT2D eigenvalue weighted by Gasteiger charge is -2.20. The van der Waals surface area contributed by atoms with Crippen LogP contribution < -0.4 is 0 Å². The van der Waals surface area contributed by atoms with Crippen molar-refractivity contribution in [2.75, 3.05) is 0 Å². The molecule has 0 spiro atoms. The number of carbonyl (C=O) groups is 1. The molecule has 0 saturated heterocycles. The second kappa shape index (κ2) is 9.18. The predicted octanol–water partition coefficient (Wildman–Crippen LogP) is 6.63. The van der Waals surface area contributed by atoms with Crippen molar-refractivity contribution < 1.29 is 4.79 Å². The summed E-state index contributed by atoms with van der Waals surface area (Å²) in [5.41, 5.74) is 6.40. The maximum Gasteiger partial charge on any atom is 0.283 e. The second-order valence-corrected chi connectivity index (χ2v) is 10.3. The summed E-state index contributed by atoms with van der Waals surface area (Å²) >= 11 is 7.60. The number of aliphatic imine (C=N–C) groups is 1. The number of rotatable bonds is 4. The molecule has 1 N–H and O–H groups in total. The van der Waals surface area contributed by atoms with Gasteiger partial charge in [-0.1, -0.05) is 72.3 Å². The van der Waals surface area contributed by atoms with E-state index < -0.39 is 5.91 Å². The zero-order valence-electron chi connectivity index (χ0n) is 20.2. The minimum atomic E-state index is -0.450. The molecule has 4 aromatic rings. The van der Waals surface area contributed by atoms with Gasteiger partial charge in [0.15, 0.2) is 5.84 Å². The summed E-state index contributed by atoms with van der Waals surface area (Å²) in [7, 11) is 0.